The van der Waals surface area contributed by atoms with E-state index >= 15 is 0 Å². The van der Waals surface area contributed by atoms with Gasteiger partial charge in [0.15, 0.2) is 18.1 Å². The van der Waals surface area contributed by atoms with Gasteiger partial charge < -0.3 is 8.23 Å². The third-order valence-corrected chi connectivity index (χ3v) is 14.8. The fraction of sp³-hybridized carbons (Fsp3) is 1.00. The monoisotopic (exact) mass is 334 g/mol. The molecular weight excluding hydrogens is 296 g/mol. The van der Waals surface area contributed by atoms with Gasteiger partial charge in [0, 0.05) is 0 Å². The first-order valence-electron chi connectivity index (χ1n) is 8.38. The molecule has 0 bridgehead atoms. The second-order valence-corrected chi connectivity index (χ2v) is 19.2. The molecule has 0 unspecified atom stereocenters. The van der Waals surface area contributed by atoms with Crippen LogP contribution in [0, 0.1) is 0 Å². The second-order valence-electron chi connectivity index (χ2n) is 7.79. The Bertz CT molecular complexity index is 218. The lowest BCUT2D eigenvalue weighted by molar-refractivity contribution is 0.395. The van der Waals surface area contributed by atoms with Crippen molar-refractivity contribution in [3.05, 3.63) is 0 Å². The first kappa shape index (κ1) is 20.6. The van der Waals surface area contributed by atoms with Crippen molar-refractivity contribution >= 4 is 27.4 Å². The van der Waals surface area contributed by atoms with E-state index in [9.17, 15) is 0 Å². The van der Waals surface area contributed by atoms with Crippen LogP contribution in [0.4, 0.5) is 0 Å². The first-order valence-corrected chi connectivity index (χ1v) is 13.6. The Morgan fingerprint density at radius 1 is 0.450 bits per heavy atom. The van der Waals surface area contributed by atoms with Gasteiger partial charge in [-0.25, -0.2) is 0 Å². The Hall–Kier alpha value is 0.571. The average Bonchev–Trinajstić information content (AvgIpc) is 2.26. The van der Waals surface area contributed by atoms with Crippen LogP contribution >= 0.6 is 0 Å². The Balaban J connectivity index is 4.88. The second kappa shape index (κ2) is 9.56. The summed E-state index contributed by atoms with van der Waals surface area (Å²) in [6.45, 7) is 23.1. The normalized spacial score (nSPS) is 13.5. The SMILES string of the molecule is CC(C)[SiH](O[SiH](C(C)C)C(C)C)O[SiH](C(C)C)C(C)C. The quantitative estimate of drug-likeness (QED) is 0.567. The standard InChI is InChI=1S/C15H38O2Si3/c1-11(2)18(12(3)4)16-20(15(9)10)17-19(13(5)6)14(7)8/h11-15,18-20H,1-10H3. The molecule has 0 aliphatic carbocycles. The van der Waals surface area contributed by atoms with Crippen molar-refractivity contribution in [2.45, 2.75) is 96.9 Å². The van der Waals surface area contributed by atoms with Crippen LogP contribution in [0.2, 0.25) is 27.7 Å². The van der Waals surface area contributed by atoms with E-state index in [1.807, 2.05) is 0 Å². The maximum Gasteiger partial charge on any atom is 0.303 e. The summed E-state index contributed by atoms with van der Waals surface area (Å²) in [5.41, 5.74) is 3.38. The third kappa shape index (κ3) is 7.02. The largest absolute Gasteiger partial charge is 0.440 e. The van der Waals surface area contributed by atoms with Crippen molar-refractivity contribution in [2.75, 3.05) is 0 Å². The minimum atomic E-state index is -1.52. The predicted octanol–water partition coefficient (Wildman–Crippen LogP) is 4.74. The Kier molecular flexibility index (Phi) is 9.83. The summed E-state index contributed by atoms with van der Waals surface area (Å²) in [6.07, 6.45) is 0. The van der Waals surface area contributed by atoms with Crippen LogP contribution in [0.25, 0.3) is 0 Å². The fourth-order valence-corrected chi connectivity index (χ4v) is 16.8. The highest BCUT2D eigenvalue weighted by Gasteiger charge is 2.32. The zero-order valence-corrected chi connectivity index (χ0v) is 18.9. The third-order valence-electron chi connectivity index (χ3n) is 3.76. The first-order chi connectivity index (χ1) is 9.07. The Morgan fingerprint density at radius 2 is 0.700 bits per heavy atom. The van der Waals surface area contributed by atoms with Crippen LogP contribution < -0.4 is 0 Å². The number of hydrogen-bond acceptors (Lipinski definition) is 2. The highest BCUT2D eigenvalue weighted by atomic mass is 28.4. The van der Waals surface area contributed by atoms with E-state index in [1.54, 1.807) is 0 Å². The molecule has 0 fully saturated rings. The molecule has 0 saturated carbocycles. The molecule has 122 valence electrons. The van der Waals surface area contributed by atoms with Crippen molar-refractivity contribution < 1.29 is 8.23 Å². The van der Waals surface area contributed by atoms with E-state index in [1.165, 1.54) is 0 Å². The molecule has 0 radical (unpaired) electrons. The number of hydrogen-bond donors (Lipinski definition) is 0. The molecule has 5 heteroatoms. The molecule has 0 aromatic carbocycles. The molecule has 0 spiro atoms. The lowest BCUT2D eigenvalue weighted by Gasteiger charge is -2.34. The van der Waals surface area contributed by atoms with Crippen LogP contribution in [0.1, 0.15) is 69.2 Å². The minimum absolute atomic E-state index is 0.579. The highest BCUT2D eigenvalue weighted by Crippen LogP contribution is 2.28. The zero-order chi connectivity index (χ0) is 16.0. The molecule has 0 rings (SSSR count). The van der Waals surface area contributed by atoms with E-state index < -0.39 is 27.4 Å². The fourth-order valence-electron chi connectivity index (χ4n) is 2.82. The predicted molar refractivity (Wildman–Crippen MR) is 99.1 cm³/mol. The van der Waals surface area contributed by atoms with Gasteiger partial charge in [0.25, 0.3) is 0 Å². The summed E-state index contributed by atoms with van der Waals surface area (Å²) in [5.74, 6) is 0. The lowest BCUT2D eigenvalue weighted by Crippen LogP contribution is -2.42. The highest BCUT2D eigenvalue weighted by molar-refractivity contribution is 6.71. The molecule has 0 heterocycles. The van der Waals surface area contributed by atoms with Gasteiger partial charge in [0.2, 0.25) is 0 Å². The van der Waals surface area contributed by atoms with E-state index in [4.69, 9.17) is 8.23 Å². The molecule has 20 heavy (non-hydrogen) atoms. The lowest BCUT2D eigenvalue weighted by atomic mass is 10.5. The van der Waals surface area contributed by atoms with Crippen LogP contribution in [-0.4, -0.2) is 27.4 Å². The molecule has 0 saturated heterocycles. The topological polar surface area (TPSA) is 18.5 Å². The van der Waals surface area contributed by atoms with Gasteiger partial charge in [-0.05, 0) is 27.7 Å². The van der Waals surface area contributed by atoms with Crippen molar-refractivity contribution in [1.29, 1.82) is 0 Å². The van der Waals surface area contributed by atoms with Crippen LogP contribution in [0.15, 0.2) is 0 Å². The summed E-state index contributed by atoms with van der Waals surface area (Å²) in [6, 6.07) is 0. The molecule has 0 N–H and O–H groups in total. The average molecular weight is 335 g/mol. The molecule has 0 aromatic heterocycles. The summed E-state index contributed by atoms with van der Waals surface area (Å²) < 4.78 is 13.3. The van der Waals surface area contributed by atoms with Crippen LogP contribution in [0.3, 0.4) is 0 Å². The van der Waals surface area contributed by atoms with Gasteiger partial charge >= 0.3 is 9.28 Å². The summed E-state index contributed by atoms with van der Waals surface area (Å²) in [7, 11) is -3.84. The molecule has 0 aromatic rings. The molecule has 0 amide bonds. The minimum Gasteiger partial charge on any atom is -0.440 e. The van der Waals surface area contributed by atoms with Gasteiger partial charge in [-0.1, -0.05) is 69.2 Å². The summed E-state index contributed by atoms with van der Waals surface area (Å²) in [4.78, 5) is 0. The van der Waals surface area contributed by atoms with Gasteiger partial charge in [0.1, 0.15) is 0 Å². The molecule has 2 nitrogen and oxygen atoms in total. The Morgan fingerprint density at radius 3 is 0.850 bits per heavy atom. The van der Waals surface area contributed by atoms with Crippen molar-refractivity contribution in [2.24, 2.45) is 0 Å². The maximum atomic E-state index is 6.66. The Labute approximate surface area is 133 Å². The smallest absolute Gasteiger partial charge is 0.303 e. The van der Waals surface area contributed by atoms with Crippen molar-refractivity contribution in [3.63, 3.8) is 0 Å². The van der Waals surface area contributed by atoms with E-state index in [0.29, 0.717) is 27.7 Å². The molecule has 0 aliphatic heterocycles. The van der Waals surface area contributed by atoms with Gasteiger partial charge in [-0.3, -0.25) is 0 Å². The number of rotatable bonds is 9. The van der Waals surface area contributed by atoms with Crippen LogP contribution in [-0.2, 0) is 8.23 Å². The van der Waals surface area contributed by atoms with E-state index in [0.717, 1.165) is 0 Å². The van der Waals surface area contributed by atoms with Gasteiger partial charge in [-0.2, -0.15) is 0 Å². The van der Waals surface area contributed by atoms with Gasteiger partial charge in [-0.15, -0.1) is 0 Å². The zero-order valence-electron chi connectivity index (χ0n) is 15.4. The van der Waals surface area contributed by atoms with Crippen LogP contribution in [0.5, 0.6) is 0 Å². The van der Waals surface area contributed by atoms with Gasteiger partial charge in [0.05, 0.1) is 0 Å². The molecular formula is C15H38O2Si3. The summed E-state index contributed by atoms with van der Waals surface area (Å²) >= 11 is 0. The maximum absolute atomic E-state index is 6.66. The van der Waals surface area contributed by atoms with E-state index in [2.05, 4.69) is 69.2 Å². The van der Waals surface area contributed by atoms with Crippen molar-refractivity contribution in [3.8, 4) is 0 Å². The summed E-state index contributed by atoms with van der Waals surface area (Å²) in [5, 5.41) is 0. The van der Waals surface area contributed by atoms with Crippen molar-refractivity contribution in [1.82, 2.24) is 0 Å². The molecule has 0 aliphatic rings. The van der Waals surface area contributed by atoms with E-state index in [-0.39, 0.29) is 0 Å². The molecule has 0 atom stereocenters.